The molecule has 0 aliphatic carbocycles. The molecule has 3 aromatic carbocycles. The van der Waals surface area contributed by atoms with Crippen molar-refractivity contribution < 1.29 is 4.92 Å². The molecule has 2 aliphatic rings. The summed E-state index contributed by atoms with van der Waals surface area (Å²) < 4.78 is 1.83. The molecule has 0 bridgehead atoms. The quantitative estimate of drug-likeness (QED) is 0.258. The largest absolute Gasteiger partial charge is 0.314 e. The summed E-state index contributed by atoms with van der Waals surface area (Å²) in [5.41, 5.74) is 5.73. The minimum atomic E-state index is -0.383. The molecule has 3 heterocycles. The highest BCUT2D eigenvalue weighted by atomic mass is 35.5. The van der Waals surface area contributed by atoms with Gasteiger partial charge in [-0.15, -0.1) is 0 Å². The summed E-state index contributed by atoms with van der Waals surface area (Å²) in [6.45, 7) is 1.97. The Bertz CT molecular complexity index is 1500. The Morgan fingerprint density at radius 2 is 1.71 bits per heavy atom. The molecule has 0 saturated heterocycles. The van der Waals surface area contributed by atoms with Crippen LogP contribution < -0.4 is 4.90 Å². The second kappa shape index (κ2) is 7.67. The molecule has 8 heteroatoms. The number of nitro groups is 1. The van der Waals surface area contributed by atoms with Crippen LogP contribution in [0, 0.1) is 17.0 Å². The van der Waals surface area contributed by atoms with Gasteiger partial charge in [-0.05, 0) is 72.7 Å². The number of hydrogen-bond acceptors (Lipinski definition) is 5. The Balaban J connectivity index is 1.60. The first kappa shape index (κ1) is 20.4. The van der Waals surface area contributed by atoms with E-state index in [2.05, 4.69) is 23.1 Å². The van der Waals surface area contributed by atoms with Crippen molar-refractivity contribution in [3.63, 3.8) is 0 Å². The zero-order chi connectivity index (χ0) is 23.4. The zero-order valence-corrected chi connectivity index (χ0v) is 18.8. The number of rotatable bonds is 3. The Kier molecular flexibility index (Phi) is 4.60. The van der Waals surface area contributed by atoms with E-state index >= 15 is 0 Å². The lowest BCUT2D eigenvalue weighted by Crippen LogP contribution is -2.38. The highest BCUT2D eigenvalue weighted by molar-refractivity contribution is 6.30. The average Bonchev–Trinajstić information content (AvgIpc) is 3.19. The van der Waals surface area contributed by atoms with Crippen LogP contribution in [-0.2, 0) is 0 Å². The Hall–Kier alpha value is -4.23. The van der Waals surface area contributed by atoms with Crippen LogP contribution in [0.15, 0.2) is 83.9 Å². The topological polar surface area (TPSA) is 76.6 Å². The molecule has 166 valence electrons. The first-order valence-corrected chi connectivity index (χ1v) is 11.1. The Morgan fingerprint density at radius 1 is 0.971 bits per heavy atom. The molecule has 0 N–H and O–H groups in total. The number of hydrogen-bond donors (Lipinski definition) is 0. The average molecular weight is 468 g/mol. The van der Waals surface area contributed by atoms with Crippen molar-refractivity contribution in [2.75, 3.05) is 4.90 Å². The van der Waals surface area contributed by atoms with E-state index in [1.807, 2.05) is 66.2 Å². The fourth-order valence-electron chi connectivity index (χ4n) is 4.63. The number of halogens is 1. The number of aliphatic imine (C=N–C) groups is 1. The molecule has 1 aromatic heterocycles. The second-order valence-electron chi connectivity index (χ2n) is 8.19. The summed E-state index contributed by atoms with van der Waals surface area (Å²) in [5, 5.41) is 16.7. The number of nitrogens with zero attached hydrogens (tertiary/aromatic N) is 5. The summed E-state index contributed by atoms with van der Waals surface area (Å²) in [6, 6.07) is 22.1. The number of benzene rings is 3. The van der Waals surface area contributed by atoms with Gasteiger partial charge in [-0.3, -0.25) is 10.1 Å². The van der Waals surface area contributed by atoms with E-state index in [4.69, 9.17) is 21.7 Å². The number of aromatic nitrogens is 2. The molecular formula is C26H18ClN5O2. The second-order valence-corrected chi connectivity index (χ2v) is 8.63. The van der Waals surface area contributed by atoms with E-state index in [1.54, 1.807) is 12.1 Å². The normalized spacial score (nSPS) is 15.9. The number of fused-ring (bicyclic) bond motifs is 4. The summed E-state index contributed by atoms with van der Waals surface area (Å²) >= 11 is 6.10. The van der Waals surface area contributed by atoms with Crippen molar-refractivity contribution in [1.29, 1.82) is 0 Å². The summed E-state index contributed by atoms with van der Waals surface area (Å²) in [5.74, 6) is 1.52. The van der Waals surface area contributed by atoms with Gasteiger partial charge in [0, 0.05) is 22.7 Å². The number of amidine groups is 1. The Morgan fingerprint density at radius 3 is 2.44 bits per heavy atom. The van der Waals surface area contributed by atoms with Crippen LogP contribution in [0.4, 0.5) is 17.2 Å². The van der Waals surface area contributed by atoms with Gasteiger partial charge in [-0.25, -0.2) is 9.67 Å². The third-order valence-electron chi connectivity index (χ3n) is 6.18. The van der Waals surface area contributed by atoms with Gasteiger partial charge in [0.15, 0.2) is 5.82 Å². The number of aryl methyl sites for hydroxylation is 1. The number of nitro benzene ring substituents is 1. The molecule has 0 spiro atoms. The summed E-state index contributed by atoms with van der Waals surface area (Å²) in [4.78, 5) is 18.1. The van der Waals surface area contributed by atoms with Gasteiger partial charge in [0.25, 0.3) is 5.69 Å². The summed E-state index contributed by atoms with van der Waals surface area (Å²) in [6.07, 6.45) is 4.05. The van der Waals surface area contributed by atoms with E-state index < -0.39 is 0 Å². The third-order valence-corrected chi connectivity index (χ3v) is 6.43. The third kappa shape index (κ3) is 3.13. The molecule has 34 heavy (non-hydrogen) atoms. The van der Waals surface area contributed by atoms with E-state index in [0.717, 1.165) is 45.4 Å². The first-order valence-electron chi connectivity index (χ1n) is 10.8. The van der Waals surface area contributed by atoms with Crippen LogP contribution in [0.2, 0.25) is 5.02 Å². The van der Waals surface area contributed by atoms with Gasteiger partial charge >= 0.3 is 0 Å². The number of para-hydroxylation sites is 1. The van der Waals surface area contributed by atoms with Crippen LogP contribution in [0.3, 0.4) is 0 Å². The lowest BCUT2D eigenvalue weighted by atomic mass is 9.92. The van der Waals surface area contributed by atoms with Gasteiger partial charge in [-0.2, -0.15) is 5.10 Å². The van der Waals surface area contributed by atoms with Crippen LogP contribution in [0.25, 0.3) is 11.8 Å². The maximum atomic E-state index is 11.3. The molecule has 0 fully saturated rings. The SMILES string of the molecule is Cc1nn(-c2ccc(Cl)cc2)c2c1[C@@H](c1ccc([N+](=O)[O-])cc1)N1C(=N2)C=Cc2ccccc21. The molecule has 0 saturated carbocycles. The maximum Gasteiger partial charge on any atom is 0.269 e. The first-order chi connectivity index (χ1) is 16.5. The van der Waals surface area contributed by atoms with Gasteiger partial charge in [0.2, 0.25) is 0 Å². The lowest BCUT2D eigenvalue weighted by Gasteiger charge is -2.39. The van der Waals surface area contributed by atoms with E-state index in [9.17, 15) is 10.1 Å². The van der Waals surface area contributed by atoms with Gasteiger partial charge in [0.1, 0.15) is 5.84 Å². The summed E-state index contributed by atoms with van der Waals surface area (Å²) in [7, 11) is 0. The van der Waals surface area contributed by atoms with Gasteiger partial charge in [0.05, 0.1) is 28.0 Å². The minimum Gasteiger partial charge on any atom is -0.314 e. The highest BCUT2D eigenvalue weighted by Gasteiger charge is 2.38. The van der Waals surface area contributed by atoms with Crippen molar-refractivity contribution in [2.24, 2.45) is 4.99 Å². The molecule has 2 aliphatic heterocycles. The van der Waals surface area contributed by atoms with Crippen LogP contribution in [0.1, 0.15) is 28.4 Å². The maximum absolute atomic E-state index is 11.3. The van der Waals surface area contributed by atoms with E-state index in [-0.39, 0.29) is 16.7 Å². The molecule has 7 nitrogen and oxygen atoms in total. The number of non-ortho nitro benzene ring substituents is 1. The molecule has 0 amide bonds. The fourth-order valence-corrected chi connectivity index (χ4v) is 4.75. The number of anilines is 1. The van der Waals surface area contributed by atoms with Crippen molar-refractivity contribution in [3.8, 4) is 5.69 Å². The van der Waals surface area contributed by atoms with E-state index in [0.29, 0.717) is 5.02 Å². The van der Waals surface area contributed by atoms with Gasteiger partial charge in [-0.1, -0.05) is 29.8 Å². The minimum absolute atomic E-state index is 0.0567. The highest BCUT2D eigenvalue weighted by Crippen LogP contribution is 2.46. The van der Waals surface area contributed by atoms with Crippen molar-refractivity contribution in [2.45, 2.75) is 13.0 Å². The lowest BCUT2D eigenvalue weighted by molar-refractivity contribution is -0.384. The van der Waals surface area contributed by atoms with Crippen molar-refractivity contribution in [3.05, 3.63) is 116 Å². The van der Waals surface area contributed by atoms with Crippen molar-refractivity contribution in [1.82, 2.24) is 9.78 Å². The monoisotopic (exact) mass is 467 g/mol. The predicted molar refractivity (Wildman–Crippen MR) is 133 cm³/mol. The standard InChI is InChI=1S/C26H18ClN5O2/c1-16-24-25(18-6-11-21(12-7-18)32(33)34)30-22-5-3-2-4-17(22)8-15-23(30)28-26(24)31(29-16)20-13-9-19(27)10-14-20/h2-15,25H,1H3/t25-/m1/s1. The van der Waals surface area contributed by atoms with Crippen molar-refractivity contribution >= 4 is 40.7 Å². The molecule has 6 rings (SSSR count). The smallest absolute Gasteiger partial charge is 0.269 e. The molecule has 0 unspecified atom stereocenters. The molecule has 1 atom stereocenters. The zero-order valence-electron chi connectivity index (χ0n) is 18.1. The van der Waals surface area contributed by atoms with Crippen LogP contribution >= 0.6 is 11.6 Å². The van der Waals surface area contributed by atoms with Gasteiger partial charge < -0.3 is 4.90 Å². The Labute approximate surface area is 200 Å². The molecule has 4 aromatic rings. The predicted octanol–water partition coefficient (Wildman–Crippen LogP) is 6.41. The fraction of sp³-hybridized carbons (Fsp3) is 0.0769. The van der Waals surface area contributed by atoms with Crippen LogP contribution in [-0.4, -0.2) is 20.5 Å². The van der Waals surface area contributed by atoms with E-state index in [1.165, 1.54) is 0 Å². The van der Waals surface area contributed by atoms with Crippen LogP contribution in [0.5, 0.6) is 0 Å². The molecule has 0 radical (unpaired) electrons. The molecular weight excluding hydrogens is 450 g/mol.